The highest BCUT2D eigenvalue weighted by Crippen LogP contribution is 2.38. The fourth-order valence-electron chi connectivity index (χ4n) is 3.83. The SMILES string of the molecule is Cc1cc(B2OC(C)(C)C(C)(C)O2)cc2ccc(B3OC(C)(C)C(C)(C)O3)cc12. The first-order valence-electron chi connectivity index (χ1n) is 10.5. The molecule has 0 amide bonds. The van der Waals surface area contributed by atoms with Crippen LogP contribution in [0.3, 0.4) is 0 Å². The van der Waals surface area contributed by atoms with Gasteiger partial charge in [0.1, 0.15) is 0 Å². The second-order valence-corrected chi connectivity index (χ2v) is 10.5. The summed E-state index contributed by atoms with van der Waals surface area (Å²) in [5.74, 6) is 0. The highest BCUT2D eigenvalue weighted by atomic mass is 16.7. The van der Waals surface area contributed by atoms with Crippen molar-refractivity contribution in [1.82, 2.24) is 0 Å². The lowest BCUT2D eigenvalue weighted by atomic mass is 9.75. The molecule has 2 fully saturated rings. The fraction of sp³-hybridized carbons (Fsp3) is 0.565. The molecule has 0 unspecified atom stereocenters. The quantitative estimate of drug-likeness (QED) is 0.728. The summed E-state index contributed by atoms with van der Waals surface area (Å²) in [5.41, 5.74) is 1.90. The van der Waals surface area contributed by atoms with Gasteiger partial charge < -0.3 is 18.6 Å². The van der Waals surface area contributed by atoms with E-state index in [-0.39, 0.29) is 36.6 Å². The first kappa shape index (κ1) is 20.9. The Morgan fingerprint density at radius 2 is 1.03 bits per heavy atom. The van der Waals surface area contributed by atoms with Crippen molar-refractivity contribution in [3.63, 3.8) is 0 Å². The molecule has 2 aromatic carbocycles. The maximum atomic E-state index is 6.24. The van der Waals surface area contributed by atoms with Crippen molar-refractivity contribution < 1.29 is 18.6 Å². The van der Waals surface area contributed by atoms with Crippen molar-refractivity contribution in [3.8, 4) is 0 Å². The molecule has 4 rings (SSSR count). The van der Waals surface area contributed by atoms with E-state index < -0.39 is 0 Å². The maximum absolute atomic E-state index is 6.24. The van der Waals surface area contributed by atoms with Crippen LogP contribution in [0.5, 0.6) is 0 Å². The maximum Gasteiger partial charge on any atom is 0.494 e. The van der Waals surface area contributed by atoms with Crippen molar-refractivity contribution in [3.05, 3.63) is 35.9 Å². The largest absolute Gasteiger partial charge is 0.494 e. The molecule has 0 bridgehead atoms. The Hall–Kier alpha value is -1.33. The molecule has 4 nitrogen and oxygen atoms in total. The monoisotopic (exact) mass is 394 g/mol. The summed E-state index contributed by atoms with van der Waals surface area (Å²) >= 11 is 0. The van der Waals surface area contributed by atoms with Gasteiger partial charge in [0.05, 0.1) is 22.4 Å². The van der Waals surface area contributed by atoms with Crippen LogP contribution >= 0.6 is 0 Å². The number of hydrogen-bond acceptors (Lipinski definition) is 4. The van der Waals surface area contributed by atoms with Crippen LogP contribution in [-0.2, 0) is 18.6 Å². The first-order valence-corrected chi connectivity index (χ1v) is 10.5. The standard InChI is InChI=1S/C23H32B2O4/c1-15-12-18(25-28-22(6,7)23(8,9)29-25)13-16-10-11-17(14-19(15)16)24-26-20(2,3)21(4,5)27-24/h10-14H,1-9H3. The van der Waals surface area contributed by atoms with E-state index in [9.17, 15) is 0 Å². The molecular weight excluding hydrogens is 362 g/mol. The zero-order chi connectivity index (χ0) is 21.4. The Morgan fingerprint density at radius 3 is 1.52 bits per heavy atom. The van der Waals surface area contributed by atoms with Crippen molar-refractivity contribution in [1.29, 1.82) is 0 Å². The fourth-order valence-corrected chi connectivity index (χ4v) is 3.83. The predicted octanol–water partition coefficient (Wildman–Crippen LogP) is 3.75. The molecule has 6 heteroatoms. The molecule has 2 aliphatic heterocycles. The van der Waals surface area contributed by atoms with E-state index in [1.807, 2.05) is 0 Å². The molecule has 0 aromatic heterocycles. The molecule has 2 aliphatic rings. The van der Waals surface area contributed by atoms with Crippen LogP contribution < -0.4 is 10.9 Å². The molecule has 29 heavy (non-hydrogen) atoms. The summed E-state index contributed by atoms with van der Waals surface area (Å²) in [5, 5.41) is 2.35. The van der Waals surface area contributed by atoms with Crippen molar-refractivity contribution >= 4 is 35.9 Å². The second-order valence-electron chi connectivity index (χ2n) is 10.5. The number of fused-ring (bicyclic) bond motifs is 1. The van der Waals surface area contributed by atoms with Gasteiger partial charge in [-0.15, -0.1) is 0 Å². The van der Waals surface area contributed by atoms with Crippen molar-refractivity contribution in [2.45, 2.75) is 84.7 Å². The average Bonchev–Trinajstić information content (AvgIpc) is 2.94. The lowest BCUT2D eigenvalue weighted by Crippen LogP contribution is -2.41. The third-order valence-electron chi connectivity index (χ3n) is 7.26. The van der Waals surface area contributed by atoms with E-state index in [1.54, 1.807) is 0 Å². The van der Waals surface area contributed by atoms with Crippen molar-refractivity contribution in [2.75, 3.05) is 0 Å². The van der Waals surface area contributed by atoms with Crippen LogP contribution in [0, 0.1) is 6.92 Å². The van der Waals surface area contributed by atoms with Crippen LogP contribution in [0.15, 0.2) is 30.3 Å². The third-order valence-corrected chi connectivity index (χ3v) is 7.26. The van der Waals surface area contributed by atoms with E-state index in [0.717, 1.165) is 16.3 Å². The Bertz CT molecular complexity index is 933. The Balaban J connectivity index is 1.67. The first-order chi connectivity index (χ1) is 13.2. The lowest BCUT2D eigenvalue weighted by Gasteiger charge is -2.32. The molecule has 0 aliphatic carbocycles. The van der Waals surface area contributed by atoms with Crippen LogP contribution in [-0.4, -0.2) is 36.6 Å². The molecule has 0 N–H and O–H groups in total. The van der Waals surface area contributed by atoms with Gasteiger partial charge in [0.25, 0.3) is 0 Å². The van der Waals surface area contributed by atoms with E-state index in [0.29, 0.717) is 0 Å². The molecule has 0 radical (unpaired) electrons. The topological polar surface area (TPSA) is 36.9 Å². The van der Waals surface area contributed by atoms with E-state index in [1.165, 1.54) is 10.9 Å². The van der Waals surface area contributed by atoms with Gasteiger partial charge in [0, 0.05) is 0 Å². The highest BCUT2D eigenvalue weighted by molar-refractivity contribution is 6.63. The number of hydrogen-bond donors (Lipinski definition) is 0. The van der Waals surface area contributed by atoms with Crippen LogP contribution in [0.1, 0.15) is 61.0 Å². The van der Waals surface area contributed by atoms with Gasteiger partial charge in [0.15, 0.2) is 0 Å². The van der Waals surface area contributed by atoms with Gasteiger partial charge in [0.2, 0.25) is 0 Å². The second kappa shape index (κ2) is 6.33. The Morgan fingerprint density at radius 1 is 0.586 bits per heavy atom. The van der Waals surface area contributed by atoms with E-state index in [4.69, 9.17) is 18.6 Å². The van der Waals surface area contributed by atoms with E-state index in [2.05, 4.69) is 92.6 Å². The number of rotatable bonds is 2. The molecule has 154 valence electrons. The molecular formula is C23H32B2O4. The van der Waals surface area contributed by atoms with E-state index >= 15 is 0 Å². The third kappa shape index (κ3) is 3.34. The Labute approximate surface area is 175 Å². The molecule has 2 saturated heterocycles. The summed E-state index contributed by atoms with van der Waals surface area (Å²) in [6.45, 7) is 18.8. The summed E-state index contributed by atoms with van der Waals surface area (Å²) in [6, 6.07) is 10.7. The lowest BCUT2D eigenvalue weighted by molar-refractivity contribution is 0.00578. The number of benzene rings is 2. The van der Waals surface area contributed by atoms with Crippen LogP contribution in [0.4, 0.5) is 0 Å². The highest BCUT2D eigenvalue weighted by Gasteiger charge is 2.52. The van der Waals surface area contributed by atoms with Gasteiger partial charge in [-0.05, 0) is 89.6 Å². The van der Waals surface area contributed by atoms with Gasteiger partial charge in [-0.3, -0.25) is 0 Å². The molecule has 2 heterocycles. The normalized spacial score (nSPS) is 24.4. The molecule has 2 aromatic rings. The number of aryl methyl sites for hydroxylation is 1. The summed E-state index contributed by atoms with van der Waals surface area (Å²) < 4.78 is 24.9. The van der Waals surface area contributed by atoms with Gasteiger partial charge in [-0.2, -0.15) is 0 Å². The summed E-state index contributed by atoms with van der Waals surface area (Å²) in [6.07, 6.45) is 0. The van der Waals surface area contributed by atoms with Gasteiger partial charge in [-0.1, -0.05) is 30.3 Å². The smallest absolute Gasteiger partial charge is 0.399 e. The van der Waals surface area contributed by atoms with Crippen LogP contribution in [0.25, 0.3) is 10.8 Å². The summed E-state index contributed by atoms with van der Waals surface area (Å²) in [7, 11) is -0.711. The predicted molar refractivity (Wildman–Crippen MR) is 120 cm³/mol. The van der Waals surface area contributed by atoms with Gasteiger partial charge >= 0.3 is 14.2 Å². The minimum Gasteiger partial charge on any atom is -0.399 e. The molecule has 0 atom stereocenters. The zero-order valence-corrected chi connectivity index (χ0v) is 19.2. The van der Waals surface area contributed by atoms with Gasteiger partial charge in [-0.25, -0.2) is 0 Å². The zero-order valence-electron chi connectivity index (χ0n) is 19.2. The summed E-state index contributed by atoms with van der Waals surface area (Å²) in [4.78, 5) is 0. The van der Waals surface area contributed by atoms with Crippen molar-refractivity contribution in [2.24, 2.45) is 0 Å². The minimum absolute atomic E-state index is 0.345. The van der Waals surface area contributed by atoms with Crippen LogP contribution in [0.2, 0.25) is 0 Å². The molecule has 0 spiro atoms. The molecule has 0 saturated carbocycles. The average molecular weight is 394 g/mol. The Kier molecular flexibility index (Phi) is 4.57. The minimum atomic E-state index is -0.356.